The number of nitrogens with one attached hydrogen (secondary N) is 1. The molecule has 1 aromatic rings. The highest BCUT2D eigenvalue weighted by Crippen LogP contribution is 1.92. The van der Waals surface area contributed by atoms with Crippen LogP contribution in [0.1, 0.15) is 0 Å². The summed E-state index contributed by atoms with van der Waals surface area (Å²) in [7, 11) is 0. The lowest BCUT2D eigenvalue weighted by molar-refractivity contribution is 1.07. The van der Waals surface area contributed by atoms with Gasteiger partial charge in [-0.3, -0.25) is 4.79 Å². The largest absolute Gasteiger partial charge is 0.301 e. The maximum Gasteiger partial charge on any atom is 0.251 e. The summed E-state index contributed by atoms with van der Waals surface area (Å²) in [6, 6.07) is 1.35. The van der Waals surface area contributed by atoms with E-state index in [1.54, 1.807) is 0 Å². The van der Waals surface area contributed by atoms with E-state index in [0.29, 0.717) is 4.73 Å². The molecule has 1 aromatic heterocycles. The molecule has 0 atom stereocenters. The lowest BCUT2D eigenvalue weighted by Gasteiger charge is -1.82. The molecule has 0 saturated carbocycles. The molecule has 1 heterocycles. The highest BCUT2D eigenvalue weighted by Gasteiger charge is 1.82. The van der Waals surface area contributed by atoms with Crippen molar-refractivity contribution < 1.29 is 0 Å². The molecular weight excluding hydrogens is 172 g/mol. The number of aromatic amines is 1. The van der Waals surface area contributed by atoms with E-state index in [-0.39, 0.29) is 5.56 Å². The Morgan fingerprint density at radius 3 is 2.88 bits per heavy atom. The van der Waals surface area contributed by atoms with Crippen molar-refractivity contribution in [3.05, 3.63) is 27.4 Å². The Morgan fingerprint density at radius 1 is 1.75 bits per heavy atom. The predicted octanol–water partition coefficient (Wildman–Crippen LogP) is 0.532. The third kappa shape index (κ3) is 1.16. The van der Waals surface area contributed by atoms with Crippen LogP contribution in [0.15, 0.2) is 21.8 Å². The molecule has 0 saturated heterocycles. The summed E-state index contributed by atoms with van der Waals surface area (Å²) in [5.74, 6) is 0. The number of nitrogens with zero attached hydrogens (tertiary/aromatic N) is 1. The van der Waals surface area contributed by atoms with Crippen molar-refractivity contribution in [2.24, 2.45) is 0 Å². The van der Waals surface area contributed by atoms with Gasteiger partial charge < -0.3 is 4.98 Å². The minimum absolute atomic E-state index is 0.146. The van der Waals surface area contributed by atoms with Gasteiger partial charge in [0.2, 0.25) is 0 Å². The van der Waals surface area contributed by atoms with Crippen molar-refractivity contribution in [1.29, 1.82) is 0 Å². The highest BCUT2D eigenvalue weighted by molar-refractivity contribution is 9.10. The maximum absolute atomic E-state index is 10.4. The van der Waals surface area contributed by atoms with Crippen LogP contribution < -0.4 is 5.56 Å². The van der Waals surface area contributed by atoms with E-state index < -0.39 is 0 Å². The molecule has 0 spiro atoms. The van der Waals surface area contributed by atoms with Crippen LogP contribution in [0.3, 0.4) is 0 Å². The topological polar surface area (TPSA) is 45.8 Å². The summed E-state index contributed by atoms with van der Waals surface area (Å²) in [5, 5.41) is 0. The normalized spacial score (nSPS) is 9.12. The smallest absolute Gasteiger partial charge is 0.251 e. The fourth-order valence-corrected chi connectivity index (χ4v) is 0.660. The minimum Gasteiger partial charge on any atom is -0.301 e. The van der Waals surface area contributed by atoms with E-state index in [9.17, 15) is 4.79 Å². The van der Waals surface area contributed by atoms with Crippen molar-refractivity contribution in [2.45, 2.75) is 0 Å². The van der Waals surface area contributed by atoms with Crippen LogP contribution in [0.4, 0.5) is 0 Å². The highest BCUT2D eigenvalue weighted by atomic mass is 79.9. The number of H-pyrrole nitrogens is 1. The second-order valence-electron chi connectivity index (χ2n) is 1.22. The van der Waals surface area contributed by atoms with E-state index in [1.807, 2.05) is 0 Å². The lowest BCUT2D eigenvalue weighted by Crippen LogP contribution is -2.03. The first-order chi connectivity index (χ1) is 3.79. The van der Waals surface area contributed by atoms with Gasteiger partial charge in [-0.05, 0) is 15.9 Å². The van der Waals surface area contributed by atoms with Gasteiger partial charge >= 0.3 is 0 Å². The van der Waals surface area contributed by atoms with Gasteiger partial charge in [-0.1, -0.05) is 0 Å². The van der Waals surface area contributed by atoms with E-state index in [1.165, 1.54) is 12.3 Å². The van der Waals surface area contributed by atoms with Crippen LogP contribution in [-0.4, -0.2) is 9.97 Å². The van der Waals surface area contributed by atoms with Crippen molar-refractivity contribution in [1.82, 2.24) is 9.97 Å². The molecule has 3 nitrogen and oxygen atoms in total. The van der Waals surface area contributed by atoms with Crippen LogP contribution >= 0.6 is 15.9 Å². The van der Waals surface area contributed by atoms with Gasteiger partial charge in [-0.15, -0.1) is 0 Å². The molecule has 0 unspecified atom stereocenters. The van der Waals surface area contributed by atoms with Gasteiger partial charge in [-0.25, -0.2) is 4.98 Å². The van der Waals surface area contributed by atoms with Gasteiger partial charge in [0.25, 0.3) is 5.56 Å². The number of hydrogen-bond donors (Lipinski definition) is 1. The van der Waals surface area contributed by atoms with Crippen molar-refractivity contribution >= 4 is 15.9 Å². The van der Waals surface area contributed by atoms with Crippen LogP contribution in [0.5, 0.6) is 0 Å². The molecule has 0 aromatic carbocycles. The first-order valence-corrected chi connectivity index (χ1v) is 2.79. The summed E-state index contributed by atoms with van der Waals surface area (Å²) in [6.07, 6.45) is 1.43. The molecule has 1 N–H and O–H groups in total. The molecule has 0 bridgehead atoms. The Bertz CT molecular complexity index is 231. The molecule has 0 aliphatic rings. The third-order valence-electron chi connectivity index (χ3n) is 0.640. The van der Waals surface area contributed by atoms with Gasteiger partial charge in [-0.2, -0.15) is 0 Å². The summed E-state index contributed by atoms with van der Waals surface area (Å²) < 4.78 is 0.463. The number of hydrogen-bond acceptors (Lipinski definition) is 2. The zero-order valence-corrected chi connectivity index (χ0v) is 5.47. The zero-order chi connectivity index (χ0) is 5.98. The predicted molar refractivity (Wildman–Crippen MR) is 32.6 cm³/mol. The quantitative estimate of drug-likeness (QED) is 0.584. The van der Waals surface area contributed by atoms with E-state index >= 15 is 0 Å². The molecular formula is C4H3BrN2O. The molecule has 1 rings (SSSR count). The van der Waals surface area contributed by atoms with E-state index in [2.05, 4.69) is 25.9 Å². The van der Waals surface area contributed by atoms with Crippen LogP contribution in [0.2, 0.25) is 0 Å². The molecule has 0 aliphatic heterocycles. The standard InChI is InChI=1S/C4H3BrN2O/c5-4-6-2-1-3(8)7-4/h1-2H,(H,6,7,8). The molecule has 0 amide bonds. The molecule has 0 radical (unpaired) electrons. The third-order valence-corrected chi connectivity index (χ3v) is 1.04. The van der Waals surface area contributed by atoms with Gasteiger partial charge in [0.1, 0.15) is 0 Å². The van der Waals surface area contributed by atoms with Crippen molar-refractivity contribution in [3.63, 3.8) is 0 Å². The van der Waals surface area contributed by atoms with Crippen LogP contribution in [0.25, 0.3) is 0 Å². The molecule has 8 heavy (non-hydrogen) atoms. The summed E-state index contributed by atoms with van der Waals surface area (Å²) >= 11 is 3.00. The Morgan fingerprint density at radius 2 is 2.50 bits per heavy atom. The molecule has 42 valence electrons. The summed E-state index contributed by atoms with van der Waals surface area (Å²) in [5.41, 5.74) is -0.146. The Hall–Kier alpha value is -0.640. The number of halogens is 1. The first-order valence-electron chi connectivity index (χ1n) is 2.00. The SMILES string of the molecule is O=c1ccnc(Br)[nH]1. The average Bonchev–Trinajstić information content (AvgIpc) is 1.64. The molecule has 0 aliphatic carbocycles. The Labute approximate surface area is 53.9 Å². The van der Waals surface area contributed by atoms with E-state index in [4.69, 9.17) is 0 Å². The number of aromatic nitrogens is 2. The molecule has 0 fully saturated rings. The van der Waals surface area contributed by atoms with Gasteiger partial charge in [0.05, 0.1) is 0 Å². The van der Waals surface area contributed by atoms with Crippen LogP contribution in [-0.2, 0) is 0 Å². The molecule has 4 heteroatoms. The Balaban J connectivity index is 3.28. The van der Waals surface area contributed by atoms with Crippen molar-refractivity contribution in [2.75, 3.05) is 0 Å². The fourth-order valence-electron chi connectivity index (χ4n) is 0.346. The minimum atomic E-state index is -0.146. The van der Waals surface area contributed by atoms with Gasteiger partial charge in [0, 0.05) is 12.3 Å². The lowest BCUT2D eigenvalue weighted by atomic mass is 10.7. The Kier molecular flexibility index (Phi) is 1.43. The second-order valence-corrected chi connectivity index (χ2v) is 1.98. The second kappa shape index (κ2) is 2.09. The van der Waals surface area contributed by atoms with Crippen LogP contribution in [0, 0.1) is 0 Å². The maximum atomic E-state index is 10.4. The summed E-state index contributed by atoms with van der Waals surface area (Å²) in [6.45, 7) is 0. The first kappa shape index (κ1) is 5.50. The monoisotopic (exact) mass is 174 g/mol. The zero-order valence-electron chi connectivity index (χ0n) is 3.89. The van der Waals surface area contributed by atoms with Gasteiger partial charge in [0.15, 0.2) is 4.73 Å². The average molecular weight is 175 g/mol. The van der Waals surface area contributed by atoms with Crippen molar-refractivity contribution in [3.8, 4) is 0 Å². The fraction of sp³-hybridized carbons (Fsp3) is 0. The van der Waals surface area contributed by atoms with E-state index in [0.717, 1.165) is 0 Å². The number of rotatable bonds is 0. The summed E-state index contributed by atoms with van der Waals surface area (Å²) in [4.78, 5) is 16.5.